The number of rotatable bonds is 4. The van der Waals surface area contributed by atoms with Crippen LogP contribution in [0, 0.1) is 5.92 Å². The summed E-state index contributed by atoms with van der Waals surface area (Å²) in [5.74, 6) is -3.15. The minimum Gasteiger partial charge on any atom is -0.345 e. The van der Waals surface area contributed by atoms with Crippen molar-refractivity contribution >= 4 is 58.1 Å². The highest BCUT2D eigenvalue weighted by molar-refractivity contribution is 7.12. The van der Waals surface area contributed by atoms with Crippen molar-refractivity contribution in [3.05, 3.63) is 73.4 Å². The van der Waals surface area contributed by atoms with Crippen LogP contribution in [-0.4, -0.2) is 95.0 Å². The molecule has 0 radical (unpaired) electrons. The summed E-state index contributed by atoms with van der Waals surface area (Å²) in [6.45, 7) is 6.48. The molecule has 1 aliphatic heterocycles. The predicted molar refractivity (Wildman–Crippen MR) is 199 cm³/mol. The van der Waals surface area contributed by atoms with E-state index in [2.05, 4.69) is 26.3 Å². The van der Waals surface area contributed by atoms with Gasteiger partial charge in [-0.1, -0.05) is 44.2 Å². The Labute approximate surface area is 311 Å². The highest BCUT2D eigenvalue weighted by Crippen LogP contribution is 2.31. The average Bonchev–Trinajstić information content (AvgIpc) is 3.79. The molecule has 4 atom stereocenters. The number of fused-ring (bicyclic) bond motifs is 3. The molecule has 1 aromatic carbocycles. The molecule has 1 aliphatic carbocycles. The van der Waals surface area contributed by atoms with Crippen molar-refractivity contribution in [1.82, 2.24) is 36.1 Å². The summed E-state index contributed by atoms with van der Waals surface area (Å²) in [4.78, 5) is 89.3. The monoisotopic (exact) mass is 749 g/mol. The topological polar surface area (TPSA) is 170 Å². The maximum Gasteiger partial charge on any atom is 0.271 e. The van der Waals surface area contributed by atoms with Crippen molar-refractivity contribution < 1.29 is 28.8 Å². The smallest absolute Gasteiger partial charge is 0.271 e. The number of carbonyl (C=O) groups is 6. The van der Waals surface area contributed by atoms with Gasteiger partial charge in [0, 0.05) is 25.5 Å². The number of amides is 6. The number of aromatic nitrogens is 1. The molecule has 0 fully saturated rings. The van der Waals surface area contributed by atoms with Gasteiger partial charge >= 0.3 is 0 Å². The minimum atomic E-state index is -1.01. The Hall–Kier alpha value is -4.63. The lowest BCUT2D eigenvalue weighted by Crippen LogP contribution is -2.57. The number of nitrogens with zero attached hydrogens (tertiary/aromatic N) is 3. The van der Waals surface area contributed by atoms with E-state index >= 15 is 0 Å². The maximum atomic E-state index is 14.2. The molecule has 15 heteroatoms. The molecule has 3 aromatic rings. The first-order valence-electron chi connectivity index (χ1n) is 17.7. The highest BCUT2D eigenvalue weighted by Gasteiger charge is 2.32. The van der Waals surface area contributed by atoms with Crippen molar-refractivity contribution in [3.63, 3.8) is 0 Å². The van der Waals surface area contributed by atoms with Gasteiger partial charge in [-0.15, -0.1) is 22.7 Å². The Morgan fingerprint density at radius 3 is 2.35 bits per heavy atom. The fraction of sp³-hybridized carbons (Fsp3) is 0.486. The second-order valence-corrected chi connectivity index (χ2v) is 15.6. The number of thiazole rings is 1. The van der Waals surface area contributed by atoms with Gasteiger partial charge in [-0.2, -0.15) is 0 Å². The van der Waals surface area contributed by atoms with E-state index in [4.69, 9.17) is 0 Å². The Kier molecular flexibility index (Phi) is 12.8. The Balaban J connectivity index is 1.47. The van der Waals surface area contributed by atoms with Gasteiger partial charge in [0.25, 0.3) is 11.8 Å². The maximum absolute atomic E-state index is 14.2. The lowest BCUT2D eigenvalue weighted by atomic mass is 9.93. The summed E-state index contributed by atoms with van der Waals surface area (Å²) in [6, 6.07) is 5.98. The van der Waals surface area contributed by atoms with Crippen LogP contribution in [0.2, 0.25) is 0 Å². The largest absolute Gasteiger partial charge is 0.345 e. The first-order valence-corrected chi connectivity index (χ1v) is 19.4. The Bertz CT molecular complexity index is 1790. The summed E-state index contributed by atoms with van der Waals surface area (Å²) >= 11 is 2.59. The standard InChI is InChI=1S/C37H47N7O6S2/c1-21(2)30-34(48)39-23(4)36(49)43(5)15-16-44(37(50)31-26-14-10-9-13-25(26)19-51-31)18-29(45)40-27(17-24-11-7-6-8-12-24)35-41-28(20-52-35)33(47)38-22(3)32(46)42-30/h6-8,11-12,19-23,27,30H,9-10,13-18H2,1-5H3,(H,38,47)(H,39,48)(H,40,45)(H,42,46)/t22-,23+,27-,30-/m0/s1. The van der Waals surface area contributed by atoms with Gasteiger partial charge in [-0.3, -0.25) is 28.8 Å². The van der Waals surface area contributed by atoms with Crippen LogP contribution < -0.4 is 21.3 Å². The molecule has 52 heavy (non-hydrogen) atoms. The first-order chi connectivity index (χ1) is 24.8. The zero-order valence-corrected chi connectivity index (χ0v) is 31.8. The van der Waals surface area contributed by atoms with Crippen LogP contribution in [0.1, 0.15) is 88.4 Å². The molecule has 4 N–H and O–H groups in total. The zero-order chi connectivity index (χ0) is 37.5. The van der Waals surface area contributed by atoms with E-state index < -0.39 is 53.7 Å². The highest BCUT2D eigenvalue weighted by atomic mass is 32.1. The van der Waals surface area contributed by atoms with E-state index in [1.807, 2.05) is 35.7 Å². The summed E-state index contributed by atoms with van der Waals surface area (Å²) in [5.41, 5.74) is 3.20. The third-order valence-electron chi connectivity index (χ3n) is 9.39. The number of carbonyl (C=O) groups excluding carboxylic acids is 6. The van der Waals surface area contributed by atoms with E-state index in [9.17, 15) is 28.8 Å². The summed E-state index contributed by atoms with van der Waals surface area (Å²) in [7, 11) is 1.58. The van der Waals surface area contributed by atoms with Gasteiger partial charge in [0.2, 0.25) is 23.6 Å². The Morgan fingerprint density at radius 2 is 1.62 bits per heavy atom. The number of hydrogen-bond donors (Lipinski definition) is 4. The predicted octanol–water partition coefficient (Wildman–Crippen LogP) is 2.86. The van der Waals surface area contributed by atoms with Gasteiger partial charge in [0.1, 0.15) is 28.8 Å². The third-order valence-corrected chi connectivity index (χ3v) is 11.4. The molecule has 2 bridgehead atoms. The molecule has 2 aromatic heterocycles. The molecule has 5 rings (SSSR count). The normalized spacial score (nSPS) is 22.8. The van der Waals surface area contributed by atoms with Crippen LogP contribution in [0.25, 0.3) is 0 Å². The number of hydrogen-bond acceptors (Lipinski definition) is 9. The molecular formula is C37H47N7O6S2. The Morgan fingerprint density at radius 1 is 0.885 bits per heavy atom. The fourth-order valence-corrected chi connectivity index (χ4v) is 8.31. The van der Waals surface area contributed by atoms with Crippen LogP contribution in [0.5, 0.6) is 0 Å². The van der Waals surface area contributed by atoms with Crippen LogP contribution >= 0.6 is 22.7 Å². The van der Waals surface area contributed by atoms with Crippen molar-refractivity contribution in [2.24, 2.45) is 5.92 Å². The van der Waals surface area contributed by atoms with Gasteiger partial charge in [0.05, 0.1) is 17.5 Å². The second kappa shape index (κ2) is 17.3. The van der Waals surface area contributed by atoms with E-state index in [-0.39, 0.29) is 37.2 Å². The van der Waals surface area contributed by atoms with Crippen molar-refractivity contribution in [2.45, 2.75) is 84.0 Å². The summed E-state index contributed by atoms with van der Waals surface area (Å²) < 4.78 is 0. The summed E-state index contributed by atoms with van der Waals surface area (Å²) in [5, 5.41) is 15.2. The third kappa shape index (κ3) is 9.42. The number of benzene rings is 1. The van der Waals surface area contributed by atoms with Crippen molar-refractivity contribution in [3.8, 4) is 0 Å². The zero-order valence-electron chi connectivity index (χ0n) is 30.2. The number of likely N-dealkylation sites (N-methyl/N-ethyl adjacent to an activating group) is 1. The van der Waals surface area contributed by atoms with Crippen LogP contribution in [-0.2, 0) is 38.4 Å². The van der Waals surface area contributed by atoms with Crippen LogP contribution in [0.3, 0.4) is 0 Å². The molecule has 278 valence electrons. The molecule has 0 saturated carbocycles. The molecule has 3 heterocycles. The molecule has 0 saturated heterocycles. The molecule has 0 unspecified atom stereocenters. The second-order valence-electron chi connectivity index (χ2n) is 13.8. The van der Waals surface area contributed by atoms with E-state index in [1.165, 1.54) is 45.0 Å². The molecule has 6 amide bonds. The minimum absolute atomic E-state index is 0.0648. The van der Waals surface area contributed by atoms with E-state index in [0.717, 1.165) is 36.8 Å². The van der Waals surface area contributed by atoms with E-state index in [1.54, 1.807) is 33.2 Å². The van der Waals surface area contributed by atoms with Crippen LogP contribution in [0.4, 0.5) is 0 Å². The SMILES string of the molecule is CC(C)[C@@H]1NC(=O)[C@H](C)NC(=O)c2csc(n2)[C@H](Cc2ccccc2)NC(=O)CN(C(=O)c2scc3c2CCCC3)CCN(C)C(=O)[C@@H](C)NC1=O. The number of nitrogens with one attached hydrogen (secondary N) is 4. The van der Waals surface area contributed by atoms with Gasteiger partial charge in [-0.05, 0) is 73.9 Å². The lowest BCUT2D eigenvalue weighted by Gasteiger charge is -2.29. The van der Waals surface area contributed by atoms with Crippen LogP contribution in [0.15, 0.2) is 41.1 Å². The molecule has 13 nitrogen and oxygen atoms in total. The fourth-order valence-electron chi connectivity index (χ4n) is 6.34. The van der Waals surface area contributed by atoms with Crippen molar-refractivity contribution in [1.29, 1.82) is 0 Å². The van der Waals surface area contributed by atoms with E-state index in [0.29, 0.717) is 16.3 Å². The molecular weight excluding hydrogens is 703 g/mol. The lowest BCUT2D eigenvalue weighted by molar-refractivity contribution is -0.136. The quantitative estimate of drug-likeness (QED) is 0.318. The van der Waals surface area contributed by atoms with Gasteiger partial charge in [0.15, 0.2) is 0 Å². The average molecular weight is 750 g/mol. The first kappa shape index (κ1) is 38.6. The number of aryl methyl sites for hydroxylation is 1. The number of thiophene rings is 1. The van der Waals surface area contributed by atoms with Crippen molar-refractivity contribution in [2.75, 3.05) is 26.7 Å². The summed E-state index contributed by atoms with van der Waals surface area (Å²) in [6.07, 6.45) is 4.14. The molecule has 2 aliphatic rings. The van der Waals surface area contributed by atoms with Gasteiger partial charge in [-0.25, -0.2) is 4.98 Å². The van der Waals surface area contributed by atoms with Gasteiger partial charge < -0.3 is 31.1 Å². The molecule has 0 spiro atoms.